The van der Waals surface area contributed by atoms with Gasteiger partial charge >= 0.3 is 0 Å². The number of aromatic nitrogens is 1. The third-order valence-electron chi connectivity index (χ3n) is 3.69. The molecule has 0 radical (unpaired) electrons. The number of thiazole rings is 1. The summed E-state index contributed by atoms with van der Waals surface area (Å²) in [5.74, 6) is -0.169. The molecule has 1 aromatic heterocycles. The van der Waals surface area contributed by atoms with Gasteiger partial charge in [-0.05, 0) is 36.0 Å². The number of nitrogens with zero attached hydrogens (tertiary/aromatic N) is 2. The standard InChI is InChI=1S/C20H18ClN3O2S2/c1-24(2)20(26)28-15-7-5-6-13(10-15)22-18(25)11-14-12-27-19(23-14)16-8-3-4-9-17(16)21/h3-10,12H,11H2,1-2H3,(H,22,25). The number of benzene rings is 2. The van der Waals surface area contributed by atoms with E-state index in [2.05, 4.69) is 10.3 Å². The Hall–Kier alpha value is -2.35. The van der Waals surface area contributed by atoms with E-state index in [0.717, 1.165) is 27.2 Å². The molecular weight excluding hydrogens is 414 g/mol. The highest BCUT2D eigenvalue weighted by Crippen LogP contribution is 2.30. The van der Waals surface area contributed by atoms with Gasteiger partial charge in [0, 0.05) is 35.6 Å². The molecule has 0 fully saturated rings. The second-order valence-electron chi connectivity index (χ2n) is 6.14. The average Bonchev–Trinajstić information content (AvgIpc) is 3.10. The molecule has 2 amide bonds. The van der Waals surface area contributed by atoms with Crippen LogP contribution in [0.2, 0.25) is 5.02 Å². The fourth-order valence-corrected chi connectivity index (χ4v) is 4.20. The Morgan fingerprint density at radius 1 is 1.18 bits per heavy atom. The van der Waals surface area contributed by atoms with Crippen molar-refractivity contribution in [1.82, 2.24) is 9.88 Å². The molecule has 0 aliphatic carbocycles. The quantitative estimate of drug-likeness (QED) is 0.548. The first-order chi connectivity index (χ1) is 13.4. The highest BCUT2D eigenvalue weighted by Gasteiger charge is 2.12. The molecule has 0 aliphatic rings. The second-order valence-corrected chi connectivity index (χ2v) is 8.43. The van der Waals surface area contributed by atoms with Crippen LogP contribution in [0.3, 0.4) is 0 Å². The molecule has 3 aromatic rings. The Bertz CT molecular complexity index is 1000. The third-order valence-corrected chi connectivity index (χ3v) is 5.97. The van der Waals surface area contributed by atoms with Crippen molar-refractivity contribution in [3.8, 4) is 10.6 Å². The summed E-state index contributed by atoms with van der Waals surface area (Å²) in [6, 6.07) is 14.7. The number of carbonyl (C=O) groups excluding carboxylic acids is 2. The molecule has 5 nitrogen and oxygen atoms in total. The van der Waals surface area contributed by atoms with E-state index in [9.17, 15) is 9.59 Å². The molecular formula is C20H18ClN3O2S2. The van der Waals surface area contributed by atoms with Crippen LogP contribution in [0.25, 0.3) is 10.6 Å². The zero-order chi connectivity index (χ0) is 20.1. The van der Waals surface area contributed by atoms with Gasteiger partial charge < -0.3 is 10.2 Å². The van der Waals surface area contributed by atoms with Crippen molar-refractivity contribution in [2.45, 2.75) is 11.3 Å². The van der Waals surface area contributed by atoms with Gasteiger partial charge in [0.1, 0.15) is 5.01 Å². The molecule has 3 rings (SSSR count). The fraction of sp³-hybridized carbons (Fsp3) is 0.150. The molecule has 2 aromatic carbocycles. The number of thioether (sulfide) groups is 1. The number of halogens is 1. The van der Waals surface area contributed by atoms with Crippen LogP contribution in [0.1, 0.15) is 5.69 Å². The summed E-state index contributed by atoms with van der Waals surface area (Å²) in [5.41, 5.74) is 2.19. The topological polar surface area (TPSA) is 62.3 Å². The number of nitrogens with one attached hydrogen (secondary N) is 1. The summed E-state index contributed by atoms with van der Waals surface area (Å²) in [6.07, 6.45) is 0.162. The van der Waals surface area contributed by atoms with Gasteiger partial charge in [0.25, 0.3) is 5.24 Å². The SMILES string of the molecule is CN(C)C(=O)Sc1cccc(NC(=O)Cc2csc(-c3ccccc3Cl)n2)c1. The van der Waals surface area contributed by atoms with E-state index >= 15 is 0 Å². The number of hydrogen-bond donors (Lipinski definition) is 1. The van der Waals surface area contributed by atoms with Gasteiger partial charge in [-0.25, -0.2) is 4.98 Å². The van der Waals surface area contributed by atoms with Gasteiger partial charge in [-0.3, -0.25) is 9.59 Å². The van der Waals surface area contributed by atoms with E-state index < -0.39 is 0 Å². The predicted molar refractivity (Wildman–Crippen MR) is 116 cm³/mol. The first-order valence-corrected chi connectivity index (χ1v) is 10.5. The first kappa shape index (κ1) is 20.4. The molecule has 144 valence electrons. The molecule has 0 atom stereocenters. The van der Waals surface area contributed by atoms with Gasteiger partial charge in [0.05, 0.1) is 17.1 Å². The van der Waals surface area contributed by atoms with Crippen molar-refractivity contribution in [1.29, 1.82) is 0 Å². The Labute approximate surface area is 176 Å². The van der Waals surface area contributed by atoms with E-state index in [1.807, 2.05) is 35.7 Å². The lowest BCUT2D eigenvalue weighted by Gasteiger charge is -2.10. The van der Waals surface area contributed by atoms with Crippen LogP contribution >= 0.6 is 34.7 Å². The largest absolute Gasteiger partial charge is 0.339 e. The maximum absolute atomic E-state index is 12.4. The van der Waals surface area contributed by atoms with Crippen LogP contribution in [0, 0.1) is 0 Å². The highest BCUT2D eigenvalue weighted by molar-refractivity contribution is 8.13. The normalized spacial score (nSPS) is 10.5. The average molecular weight is 432 g/mol. The van der Waals surface area contributed by atoms with Crippen molar-refractivity contribution in [2.75, 3.05) is 19.4 Å². The molecule has 0 bridgehead atoms. The van der Waals surface area contributed by atoms with Crippen molar-refractivity contribution in [3.63, 3.8) is 0 Å². The Morgan fingerprint density at radius 3 is 2.71 bits per heavy atom. The third kappa shape index (κ3) is 5.34. The Balaban J connectivity index is 1.64. The summed E-state index contributed by atoms with van der Waals surface area (Å²) in [5, 5.41) is 6.07. The molecule has 0 spiro atoms. The summed E-state index contributed by atoms with van der Waals surface area (Å²) in [6.45, 7) is 0. The number of rotatable bonds is 5. The summed E-state index contributed by atoms with van der Waals surface area (Å²) in [4.78, 5) is 31.0. The van der Waals surface area contributed by atoms with Crippen LogP contribution in [0.15, 0.2) is 58.8 Å². The molecule has 0 saturated heterocycles. The smallest absolute Gasteiger partial charge is 0.285 e. The lowest BCUT2D eigenvalue weighted by Crippen LogP contribution is -2.16. The molecule has 28 heavy (non-hydrogen) atoms. The van der Waals surface area contributed by atoms with Crippen LogP contribution in [0.4, 0.5) is 10.5 Å². The van der Waals surface area contributed by atoms with E-state index in [4.69, 9.17) is 11.6 Å². The van der Waals surface area contributed by atoms with Crippen molar-refractivity contribution in [2.24, 2.45) is 0 Å². The minimum atomic E-state index is -0.169. The minimum Gasteiger partial charge on any atom is -0.339 e. The number of hydrogen-bond acceptors (Lipinski definition) is 5. The van der Waals surface area contributed by atoms with Gasteiger partial charge in [0.15, 0.2) is 0 Å². The Morgan fingerprint density at radius 2 is 1.96 bits per heavy atom. The zero-order valence-electron chi connectivity index (χ0n) is 15.3. The van der Waals surface area contributed by atoms with Gasteiger partial charge in [-0.15, -0.1) is 11.3 Å². The molecule has 0 unspecified atom stereocenters. The molecule has 8 heteroatoms. The summed E-state index contributed by atoms with van der Waals surface area (Å²) < 4.78 is 0. The van der Waals surface area contributed by atoms with Crippen LogP contribution in [-0.2, 0) is 11.2 Å². The van der Waals surface area contributed by atoms with Gasteiger partial charge in [-0.1, -0.05) is 35.9 Å². The van der Waals surface area contributed by atoms with Crippen LogP contribution in [-0.4, -0.2) is 35.1 Å². The maximum atomic E-state index is 12.4. The van der Waals surface area contributed by atoms with Crippen LogP contribution in [0.5, 0.6) is 0 Å². The predicted octanol–water partition coefficient (Wildman–Crippen LogP) is 5.42. The lowest BCUT2D eigenvalue weighted by atomic mass is 10.2. The molecule has 0 saturated carbocycles. The lowest BCUT2D eigenvalue weighted by molar-refractivity contribution is -0.115. The number of anilines is 1. The number of carbonyl (C=O) groups is 2. The fourth-order valence-electron chi connectivity index (χ4n) is 2.35. The van der Waals surface area contributed by atoms with Gasteiger partial charge in [0.2, 0.25) is 5.91 Å². The second kappa shape index (κ2) is 9.23. The van der Waals surface area contributed by atoms with Crippen molar-refractivity contribution < 1.29 is 9.59 Å². The first-order valence-electron chi connectivity index (χ1n) is 8.41. The molecule has 1 heterocycles. The van der Waals surface area contributed by atoms with E-state index in [-0.39, 0.29) is 17.6 Å². The van der Waals surface area contributed by atoms with Crippen LogP contribution < -0.4 is 5.32 Å². The van der Waals surface area contributed by atoms with E-state index in [0.29, 0.717) is 16.4 Å². The molecule has 1 N–H and O–H groups in total. The monoisotopic (exact) mass is 431 g/mol. The van der Waals surface area contributed by atoms with Crippen molar-refractivity contribution in [3.05, 3.63) is 64.6 Å². The Kier molecular flexibility index (Phi) is 6.72. The summed E-state index contributed by atoms with van der Waals surface area (Å²) in [7, 11) is 3.40. The number of amides is 2. The highest BCUT2D eigenvalue weighted by atomic mass is 35.5. The summed E-state index contributed by atoms with van der Waals surface area (Å²) >= 11 is 8.78. The van der Waals surface area contributed by atoms with Gasteiger partial charge in [-0.2, -0.15) is 0 Å². The van der Waals surface area contributed by atoms with Crippen molar-refractivity contribution >= 4 is 51.5 Å². The van der Waals surface area contributed by atoms with E-state index in [1.54, 1.807) is 32.3 Å². The van der Waals surface area contributed by atoms with E-state index in [1.165, 1.54) is 16.2 Å². The zero-order valence-corrected chi connectivity index (χ0v) is 17.7. The minimum absolute atomic E-state index is 0.0712. The maximum Gasteiger partial charge on any atom is 0.285 e. The molecule has 0 aliphatic heterocycles.